The Morgan fingerprint density at radius 1 is 1.21 bits per heavy atom. The maximum absolute atomic E-state index is 13.8. The number of amides is 1. The van der Waals surface area contributed by atoms with E-state index in [2.05, 4.69) is 10.3 Å². The van der Waals surface area contributed by atoms with Crippen molar-refractivity contribution in [3.63, 3.8) is 0 Å². The minimum Gasteiger partial charge on any atom is -0.480 e. The van der Waals surface area contributed by atoms with E-state index in [0.717, 1.165) is 35.4 Å². The van der Waals surface area contributed by atoms with Gasteiger partial charge in [0.05, 0.1) is 11.9 Å². The Morgan fingerprint density at radius 2 is 1.93 bits per heavy atom. The van der Waals surface area contributed by atoms with Gasteiger partial charge in [0.1, 0.15) is 11.9 Å². The molecule has 0 fully saturated rings. The topological polar surface area (TPSA) is 128 Å². The molecular weight excluding hydrogens is 401 g/mol. The largest absolute Gasteiger partial charge is 0.480 e. The summed E-state index contributed by atoms with van der Waals surface area (Å²) in [5.74, 6) is -2.87. The average molecular weight is 419 g/mol. The molecule has 0 aliphatic heterocycles. The van der Waals surface area contributed by atoms with E-state index in [4.69, 9.17) is 0 Å². The van der Waals surface area contributed by atoms with E-state index >= 15 is 0 Å². The maximum Gasteiger partial charge on any atom is 0.326 e. The predicted octanol–water partition coefficient (Wildman–Crippen LogP) is 2.10. The van der Waals surface area contributed by atoms with Crippen molar-refractivity contribution in [3.8, 4) is 0 Å². The van der Waals surface area contributed by atoms with Crippen LogP contribution in [0.4, 0.5) is 10.1 Å². The van der Waals surface area contributed by atoms with E-state index < -0.39 is 39.4 Å². The third-order valence-electron chi connectivity index (χ3n) is 4.23. The summed E-state index contributed by atoms with van der Waals surface area (Å²) in [4.78, 5) is 27.2. The normalized spacial score (nSPS) is 12.5. The van der Waals surface area contributed by atoms with Crippen LogP contribution in [0.2, 0.25) is 0 Å². The van der Waals surface area contributed by atoms with E-state index in [-0.39, 0.29) is 12.0 Å². The number of anilines is 1. The van der Waals surface area contributed by atoms with Crippen molar-refractivity contribution in [1.82, 2.24) is 10.3 Å². The molecular formula is C19H18FN3O5S. The summed E-state index contributed by atoms with van der Waals surface area (Å²) in [6.45, 7) is 0. The number of carbonyl (C=O) groups excluding carboxylic acids is 1. The number of hydrogen-bond donors (Lipinski definition) is 4. The minimum atomic E-state index is -3.75. The van der Waals surface area contributed by atoms with Crippen LogP contribution in [-0.2, 0) is 21.2 Å². The average Bonchev–Trinajstić information content (AvgIpc) is 3.05. The van der Waals surface area contributed by atoms with Crippen molar-refractivity contribution in [2.45, 2.75) is 12.5 Å². The summed E-state index contributed by atoms with van der Waals surface area (Å²) in [6, 6.07) is 9.20. The molecule has 8 nitrogen and oxygen atoms in total. The van der Waals surface area contributed by atoms with Crippen molar-refractivity contribution >= 4 is 38.5 Å². The Balaban J connectivity index is 1.81. The number of halogens is 1. The Labute approximate surface area is 165 Å². The second kappa shape index (κ2) is 7.92. The summed E-state index contributed by atoms with van der Waals surface area (Å²) in [5.41, 5.74) is 1.08. The summed E-state index contributed by atoms with van der Waals surface area (Å²) in [5, 5.41) is 12.8. The monoisotopic (exact) mass is 419 g/mol. The number of carboxylic acids is 1. The highest BCUT2D eigenvalue weighted by atomic mass is 32.2. The second-order valence-corrected chi connectivity index (χ2v) is 8.25. The number of sulfonamides is 1. The number of benzene rings is 2. The number of carbonyl (C=O) groups is 2. The molecule has 29 heavy (non-hydrogen) atoms. The smallest absolute Gasteiger partial charge is 0.326 e. The lowest BCUT2D eigenvalue weighted by Crippen LogP contribution is -2.42. The van der Waals surface area contributed by atoms with Gasteiger partial charge in [-0.15, -0.1) is 0 Å². The molecule has 0 bridgehead atoms. The Morgan fingerprint density at radius 3 is 2.62 bits per heavy atom. The van der Waals surface area contributed by atoms with Crippen molar-refractivity contribution in [2.24, 2.45) is 0 Å². The number of H-pyrrole nitrogens is 1. The maximum atomic E-state index is 13.8. The van der Waals surface area contributed by atoms with Gasteiger partial charge in [-0.3, -0.25) is 9.52 Å². The number of aliphatic carboxylic acids is 1. The van der Waals surface area contributed by atoms with Gasteiger partial charge in [0.25, 0.3) is 5.91 Å². The number of aromatic nitrogens is 1. The van der Waals surface area contributed by atoms with E-state index in [1.807, 2.05) is 29.0 Å². The Kier molecular flexibility index (Phi) is 5.55. The first-order valence-electron chi connectivity index (χ1n) is 8.50. The molecule has 4 N–H and O–H groups in total. The number of carboxylic acid groups (broad SMARTS) is 1. The van der Waals surface area contributed by atoms with Crippen LogP contribution in [0.25, 0.3) is 10.9 Å². The van der Waals surface area contributed by atoms with E-state index in [0.29, 0.717) is 5.56 Å². The van der Waals surface area contributed by atoms with Crippen molar-refractivity contribution in [3.05, 3.63) is 65.6 Å². The van der Waals surface area contributed by atoms with Gasteiger partial charge in [-0.1, -0.05) is 18.2 Å². The highest BCUT2D eigenvalue weighted by molar-refractivity contribution is 7.92. The van der Waals surface area contributed by atoms with Crippen LogP contribution in [-0.4, -0.2) is 42.7 Å². The predicted molar refractivity (Wildman–Crippen MR) is 106 cm³/mol. The summed E-state index contributed by atoms with van der Waals surface area (Å²) < 4.78 is 38.4. The number of fused-ring (bicyclic) bond motifs is 1. The summed E-state index contributed by atoms with van der Waals surface area (Å²) >= 11 is 0. The van der Waals surface area contributed by atoms with Crippen molar-refractivity contribution in [2.75, 3.05) is 11.0 Å². The lowest BCUT2D eigenvalue weighted by Gasteiger charge is -2.15. The minimum absolute atomic E-state index is 0.0285. The van der Waals surface area contributed by atoms with Gasteiger partial charge in [-0.05, 0) is 29.8 Å². The van der Waals surface area contributed by atoms with Crippen molar-refractivity contribution in [1.29, 1.82) is 0 Å². The van der Waals surface area contributed by atoms with Gasteiger partial charge in [0, 0.05) is 29.1 Å². The molecule has 1 unspecified atom stereocenters. The Hall–Kier alpha value is -3.40. The molecule has 152 valence electrons. The molecule has 1 amide bonds. The van der Waals surface area contributed by atoms with Gasteiger partial charge in [-0.25, -0.2) is 17.6 Å². The highest BCUT2D eigenvalue weighted by Crippen LogP contribution is 2.20. The Bertz CT molecular complexity index is 1190. The molecule has 3 aromatic rings. The third kappa shape index (κ3) is 4.91. The van der Waals surface area contributed by atoms with Gasteiger partial charge >= 0.3 is 5.97 Å². The number of rotatable bonds is 7. The summed E-state index contributed by atoms with van der Waals surface area (Å²) in [6.07, 6.45) is 2.56. The van der Waals surface area contributed by atoms with Gasteiger partial charge in [0.15, 0.2) is 0 Å². The van der Waals surface area contributed by atoms with Crippen LogP contribution in [0.1, 0.15) is 15.9 Å². The highest BCUT2D eigenvalue weighted by Gasteiger charge is 2.23. The van der Waals surface area contributed by atoms with Gasteiger partial charge in [-0.2, -0.15) is 0 Å². The molecule has 0 aliphatic rings. The molecule has 3 rings (SSSR count). The number of para-hydroxylation sites is 1. The van der Waals surface area contributed by atoms with Crippen molar-refractivity contribution < 1.29 is 27.5 Å². The van der Waals surface area contributed by atoms with Crippen LogP contribution < -0.4 is 10.0 Å². The molecule has 0 saturated carbocycles. The molecule has 1 heterocycles. The van der Waals surface area contributed by atoms with Crippen LogP contribution >= 0.6 is 0 Å². The molecule has 0 aliphatic carbocycles. The fourth-order valence-corrected chi connectivity index (χ4v) is 3.46. The number of aromatic amines is 1. The standard InChI is InChI=1S/C19H18FN3O5S/c1-29(27,28)23-16-8-11(6-7-14(16)20)18(24)22-17(19(25)26)9-12-10-21-15-5-3-2-4-13(12)15/h2-8,10,17,21,23H,9H2,1H3,(H,22,24)(H,25,26). The SMILES string of the molecule is CS(=O)(=O)Nc1cc(C(=O)NC(Cc2c[nH]c3ccccc23)C(=O)O)ccc1F. The lowest BCUT2D eigenvalue weighted by molar-refractivity contribution is -0.139. The third-order valence-corrected chi connectivity index (χ3v) is 4.82. The molecule has 1 atom stereocenters. The first-order chi connectivity index (χ1) is 13.6. The molecule has 0 spiro atoms. The fraction of sp³-hybridized carbons (Fsp3) is 0.158. The number of hydrogen-bond acceptors (Lipinski definition) is 4. The van der Waals surface area contributed by atoms with E-state index in [1.54, 1.807) is 6.20 Å². The molecule has 1 aromatic heterocycles. The fourth-order valence-electron chi connectivity index (χ4n) is 2.91. The molecule has 2 aromatic carbocycles. The zero-order valence-electron chi connectivity index (χ0n) is 15.3. The zero-order valence-corrected chi connectivity index (χ0v) is 16.1. The van der Waals surface area contributed by atoms with Crippen LogP contribution in [0.15, 0.2) is 48.7 Å². The second-order valence-electron chi connectivity index (χ2n) is 6.50. The van der Waals surface area contributed by atoms with Crippen LogP contribution in [0, 0.1) is 5.82 Å². The van der Waals surface area contributed by atoms with E-state index in [9.17, 15) is 27.5 Å². The molecule has 10 heteroatoms. The van der Waals surface area contributed by atoms with Crippen LogP contribution in [0.3, 0.4) is 0 Å². The number of nitrogens with one attached hydrogen (secondary N) is 3. The first-order valence-corrected chi connectivity index (χ1v) is 10.4. The quantitative estimate of drug-likeness (QED) is 0.466. The van der Waals surface area contributed by atoms with Gasteiger partial charge in [0.2, 0.25) is 10.0 Å². The first kappa shape index (κ1) is 20.3. The lowest BCUT2D eigenvalue weighted by atomic mass is 10.0. The van der Waals surface area contributed by atoms with Crippen LogP contribution in [0.5, 0.6) is 0 Å². The van der Waals surface area contributed by atoms with E-state index in [1.165, 1.54) is 0 Å². The molecule has 0 radical (unpaired) electrons. The summed E-state index contributed by atoms with van der Waals surface area (Å²) in [7, 11) is -3.75. The zero-order chi connectivity index (χ0) is 21.2. The van der Waals surface area contributed by atoms with Gasteiger partial charge < -0.3 is 15.4 Å². The molecule has 0 saturated heterocycles.